The first-order valence-electron chi connectivity index (χ1n) is 10.1. The molecule has 0 amide bonds. The molecule has 4 aliphatic carbocycles. The van der Waals surface area contributed by atoms with Gasteiger partial charge >= 0.3 is 5.92 Å². The van der Waals surface area contributed by atoms with Gasteiger partial charge in [0, 0.05) is 25.2 Å². The molecule has 4 fully saturated rings. The van der Waals surface area contributed by atoms with E-state index in [4.69, 9.17) is 0 Å². The number of Topliss-reactive ketones (excluding diaryl/α,β-unsaturated/α-hetero) is 2. The molecule has 0 bridgehead atoms. The van der Waals surface area contributed by atoms with Crippen molar-refractivity contribution in [2.75, 3.05) is 0 Å². The Morgan fingerprint density at radius 3 is 2.36 bits per heavy atom. The minimum absolute atomic E-state index is 0.0337. The van der Waals surface area contributed by atoms with Crippen molar-refractivity contribution in [2.24, 2.45) is 40.4 Å². The summed E-state index contributed by atoms with van der Waals surface area (Å²) >= 11 is 0. The van der Waals surface area contributed by atoms with Crippen molar-refractivity contribution in [1.82, 2.24) is 0 Å². The predicted molar refractivity (Wildman–Crippen MR) is 91.2 cm³/mol. The van der Waals surface area contributed by atoms with Crippen LogP contribution in [-0.2, 0) is 9.59 Å². The van der Waals surface area contributed by atoms with Gasteiger partial charge in [0.05, 0.1) is 0 Å². The van der Waals surface area contributed by atoms with E-state index in [0.29, 0.717) is 18.3 Å². The van der Waals surface area contributed by atoms with Crippen LogP contribution in [0.15, 0.2) is 0 Å². The molecule has 0 spiro atoms. The summed E-state index contributed by atoms with van der Waals surface area (Å²) in [7, 11) is 0. The lowest BCUT2D eigenvalue weighted by atomic mass is 9.44. The normalized spacial score (nSPS) is 51.6. The summed E-state index contributed by atoms with van der Waals surface area (Å²) in [5.74, 6) is -3.09. The fraction of sp³-hybridized carbons (Fsp3) is 0.905. The van der Waals surface area contributed by atoms with Crippen LogP contribution in [0.5, 0.6) is 0 Å². The van der Waals surface area contributed by atoms with Crippen LogP contribution in [0.3, 0.4) is 0 Å². The monoisotopic (exact) mass is 352 g/mol. The highest BCUT2D eigenvalue weighted by molar-refractivity contribution is 5.89. The van der Waals surface area contributed by atoms with Crippen LogP contribution in [-0.4, -0.2) is 17.5 Å². The smallest absolute Gasteiger partial charge is 0.299 e. The number of fused-ring (bicyclic) bond motifs is 5. The minimum atomic E-state index is -3.21. The molecule has 4 heteroatoms. The van der Waals surface area contributed by atoms with Gasteiger partial charge in [-0.05, 0) is 60.2 Å². The maximum Gasteiger partial charge on any atom is 0.305 e. The molecule has 0 radical (unpaired) electrons. The molecule has 2 nitrogen and oxygen atoms in total. The Kier molecular flexibility index (Phi) is 3.77. The van der Waals surface area contributed by atoms with Gasteiger partial charge in [0.2, 0.25) is 5.78 Å². The number of hydrogen-bond donors (Lipinski definition) is 0. The first kappa shape index (κ1) is 17.6. The number of carbonyl (C=O) groups excluding carboxylic acids is 2. The van der Waals surface area contributed by atoms with E-state index in [1.165, 1.54) is 6.42 Å². The minimum Gasteiger partial charge on any atom is -0.299 e. The fourth-order valence-corrected chi connectivity index (χ4v) is 7.55. The maximum absolute atomic E-state index is 14.3. The van der Waals surface area contributed by atoms with Crippen LogP contribution < -0.4 is 0 Å². The Hall–Kier alpha value is -0.800. The van der Waals surface area contributed by atoms with Crippen LogP contribution in [0, 0.1) is 40.4 Å². The summed E-state index contributed by atoms with van der Waals surface area (Å²) in [6.07, 6.45) is 5.18. The first-order valence-corrected chi connectivity index (χ1v) is 10.1. The molecule has 0 aliphatic heterocycles. The van der Waals surface area contributed by atoms with Crippen molar-refractivity contribution in [3.63, 3.8) is 0 Å². The molecule has 0 aromatic heterocycles. The molecule has 3 unspecified atom stereocenters. The van der Waals surface area contributed by atoms with Crippen molar-refractivity contribution in [1.29, 1.82) is 0 Å². The van der Waals surface area contributed by atoms with Crippen LogP contribution in [0.2, 0.25) is 0 Å². The zero-order chi connectivity index (χ0) is 18.2. The quantitative estimate of drug-likeness (QED) is 0.662. The maximum atomic E-state index is 14.3. The molecule has 0 heterocycles. The lowest BCUT2D eigenvalue weighted by Crippen LogP contribution is -2.60. The molecule has 0 N–H and O–H groups in total. The molecule has 0 saturated heterocycles. The SMILES string of the molecule is CC[C@H]1CCC2C3C(=O)C[C@@H]4CC(=O)C(F)(F)C[C@]4(C)C3CC[C@@]21C. The van der Waals surface area contributed by atoms with Gasteiger partial charge < -0.3 is 0 Å². The highest BCUT2D eigenvalue weighted by Crippen LogP contribution is 2.67. The zero-order valence-electron chi connectivity index (χ0n) is 15.6. The van der Waals surface area contributed by atoms with E-state index in [9.17, 15) is 18.4 Å². The van der Waals surface area contributed by atoms with E-state index in [-0.39, 0.29) is 41.8 Å². The standard InChI is InChI=1S/C21H30F2O2/c1-4-12-5-6-14-18-15(7-8-19(12,14)2)20(3)11-21(22,23)17(25)10-13(20)9-16(18)24/h12-15,18H,4-11H2,1-3H3/t12-,13+,14?,15?,18?,19+,20-/m0/s1. The number of alkyl halides is 2. The number of halogens is 2. The van der Waals surface area contributed by atoms with Crippen molar-refractivity contribution in [3.8, 4) is 0 Å². The van der Waals surface area contributed by atoms with Gasteiger partial charge in [-0.25, -0.2) is 0 Å². The number of hydrogen-bond acceptors (Lipinski definition) is 2. The molecule has 140 valence electrons. The summed E-state index contributed by atoms with van der Waals surface area (Å²) < 4.78 is 28.6. The van der Waals surface area contributed by atoms with Gasteiger partial charge in [-0.15, -0.1) is 0 Å². The molecular formula is C21H30F2O2. The lowest BCUT2D eigenvalue weighted by molar-refractivity contribution is -0.185. The molecule has 7 atom stereocenters. The Morgan fingerprint density at radius 1 is 1.00 bits per heavy atom. The van der Waals surface area contributed by atoms with E-state index in [2.05, 4.69) is 13.8 Å². The molecule has 4 saturated carbocycles. The van der Waals surface area contributed by atoms with E-state index < -0.39 is 17.1 Å². The summed E-state index contributed by atoms with van der Waals surface area (Å²) in [5, 5.41) is 0. The van der Waals surface area contributed by atoms with Crippen LogP contribution in [0.25, 0.3) is 0 Å². The largest absolute Gasteiger partial charge is 0.305 e. The topological polar surface area (TPSA) is 34.1 Å². The molecule has 4 rings (SSSR count). The lowest BCUT2D eigenvalue weighted by Gasteiger charge is -2.60. The van der Waals surface area contributed by atoms with Gasteiger partial charge in [-0.1, -0.05) is 27.2 Å². The summed E-state index contributed by atoms with van der Waals surface area (Å²) in [5.41, 5.74) is -0.372. The second-order valence-electron chi connectivity index (χ2n) is 9.85. The van der Waals surface area contributed by atoms with Crippen molar-refractivity contribution in [2.45, 2.75) is 78.1 Å². The van der Waals surface area contributed by atoms with E-state index in [0.717, 1.165) is 25.7 Å². The van der Waals surface area contributed by atoms with Crippen LogP contribution in [0.1, 0.15) is 72.1 Å². The first-order chi connectivity index (χ1) is 11.6. The second-order valence-corrected chi connectivity index (χ2v) is 9.85. The van der Waals surface area contributed by atoms with Gasteiger partial charge in [-0.3, -0.25) is 9.59 Å². The molecule has 0 aromatic rings. The van der Waals surface area contributed by atoms with Gasteiger partial charge in [0.15, 0.2) is 0 Å². The van der Waals surface area contributed by atoms with E-state index in [1.54, 1.807) is 0 Å². The van der Waals surface area contributed by atoms with Gasteiger partial charge in [-0.2, -0.15) is 8.78 Å². The average Bonchev–Trinajstić information content (AvgIpc) is 2.86. The fourth-order valence-electron chi connectivity index (χ4n) is 7.55. The number of rotatable bonds is 1. The Bertz CT molecular complexity index is 615. The Labute approximate surface area is 149 Å². The summed E-state index contributed by atoms with van der Waals surface area (Å²) in [6, 6.07) is 0. The zero-order valence-corrected chi connectivity index (χ0v) is 15.6. The van der Waals surface area contributed by atoms with Crippen molar-refractivity contribution in [3.05, 3.63) is 0 Å². The van der Waals surface area contributed by atoms with Crippen molar-refractivity contribution < 1.29 is 18.4 Å². The number of carbonyl (C=O) groups is 2. The van der Waals surface area contributed by atoms with Crippen LogP contribution >= 0.6 is 0 Å². The molecule has 0 aromatic carbocycles. The molecule has 25 heavy (non-hydrogen) atoms. The Balaban J connectivity index is 1.71. The van der Waals surface area contributed by atoms with Gasteiger partial charge in [0.1, 0.15) is 5.78 Å². The summed E-state index contributed by atoms with van der Waals surface area (Å²) in [4.78, 5) is 24.9. The second kappa shape index (κ2) is 5.36. The predicted octanol–water partition coefficient (Wildman–Crippen LogP) is 5.05. The summed E-state index contributed by atoms with van der Waals surface area (Å²) in [6.45, 7) is 6.53. The van der Waals surface area contributed by atoms with E-state index >= 15 is 0 Å². The number of ketones is 2. The average molecular weight is 352 g/mol. The van der Waals surface area contributed by atoms with Gasteiger partial charge in [0.25, 0.3) is 0 Å². The van der Waals surface area contributed by atoms with Crippen molar-refractivity contribution >= 4 is 11.6 Å². The highest BCUT2D eigenvalue weighted by atomic mass is 19.3. The Morgan fingerprint density at radius 2 is 1.68 bits per heavy atom. The third-order valence-electron chi connectivity index (χ3n) is 9.00. The third-order valence-corrected chi connectivity index (χ3v) is 9.00. The molecular weight excluding hydrogens is 322 g/mol. The highest BCUT2D eigenvalue weighted by Gasteiger charge is 2.65. The third kappa shape index (κ3) is 2.24. The van der Waals surface area contributed by atoms with Crippen LogP contribution in [0.4, 0.5) is 8.78 Å². The molecule has 4 aliphatic rings. The van der Waals surface area contributed by atoms with E-state index in [1.807, 2.05) is 6.92 Å².